The molecule has 186 valence electrons. The van der Waals surface area contributed by atoms with Crippen LogP contribution in [0.25, 0.3) is 0 Å². The van der Waals surface area contributed by atoms with Crippen LogP contribution < -0.4 is 37.2 Å². The van der Waals surface area contributed by atoms with Gasteiger partial charge >= 0.3 is 35.6 Å². The summed E-state index contributed by atoms with van der Waals surface area (Å²) in [7, 11) is 0. The molecule has 4 aromatic heterocycles. The standard InChI is InChI=1S/C26H28N6.3ClH.La/c1-5-13-27-23(9-1)19-31(20-24-10-2-6-14-28-24)17-18-32(21-25-11-3-7-15-29-25)22-26-12-4-8-16-30-26;;;;/h1-16H,17-22H2;3*1H;/q;;;;+3/p-3. The molecule has 0 unspecified atom stereocenters. The van der Waals surface area contributed by atoms with E-state index in [9.17, 15) is 0 Å². The Morgan fingerprint density at radius 1 is 0.417 bits per heavy atom. The van der Waals surface area contributed by atoms with Gasteiger partial charge in [-0.1, -0.05) is 24.3 Å². The van der Waals surface area contributed by atoms with Crippen molar-refractivity contribution in [2.24, 2.45) is 0 Å². The molecule has 4 rings (SSSR count). The van der Waals surface area contributed by atoms with Crippen molar-refractivity contribution in [3.8, 4) is 0 Å². The minimum atomic E-state index is 0. The van der Waals surface area contributed by atoms with Crippen molar-refractivity contribution in [3.05, 3.63) is 120 Å². The Kier molecular flexibility index (Phi) is 18.9. The first-order chi connectivity index (χ1) is 15.8. The first-order valence-corrected chi connectivity index (χ1v) is 10.9. The van der Waals surface area contributed by atoms with E-state index in [2.05, 4.69) is 54.0 Å². The van der Waals surface area contributed by atoms with Gasteiger partial charge in [-0.05, 0) is 48.5 Å². The molecule has 0 atom stereocenters. The molecule has 0 aliphatic heterocycles. The summed E-state index contributed by atoms with van der Waals surface area (Å²) in [5, 5.41) is 0. The topological polar surface area (TPSA) is 58.0 Å². The van der Waals surface area contributed by atoms with Gasteiger partial charge in [0.2, 0.25) is 0 Å². The Labute approximate surface area is 260 Å². The molecule has 0 aliphatic carbocycles. The second-order valence-corrected chi connectivity index (χ2v) is 7.71. The van der Waals surface area contributed by atoms with Crippen LogP contribution in [0.15, 0.2) is 97.6 Å². The zero-order valence-corrected chi connectivity index (χ0v) is 25.8. The normalized spacial score (nSPS) is 9.94. The quantitative estimate of drug-likeness (QED) is 0.160. The number of halogens is 3. The van der Waals surface area contributed by atoms with E-state index in [1.54, 1.807) is 0 Å². The summed E-state index contributed by atoms with van der Waals surface area (Å²) in [4.78, 5) is 22.9. The van der Waals surface area contributed by atoms with E-state index in [1.165, 1.54) is 0 Å². The molecule has 6 nitrogen and oxygen atoms in total. The third-order valence-corrected chi connectivity index (χ3v) is 5.18. The van der Waals surface area contributed by atoms with E-state index in [4.69, 9.17) is 0 Å². The van der Waals surface area contributed by atoms with Gasteiger partial charge in [-0.25, -0.2) is 0 Å². The van der Waals surface area contributed by atoms with Gasteiger partial charge in [-0.2, -0.15) is 0 Å². The average Bonchev–Trinajstić information content (AvgIpc) is 2.85. The molecule has 0 N–H and O–H groups in total. The zero-order chi connectivity index (χ0) is 21.8. The second-order valence-electron chi connectivity index (χ2n) is 7.71. The molecule has 0 saturated heterocycles. The second kappa shape index (κ2) is 19.7. The Morgan fingerprint density at radius 2 is 0.667 bits per heavy atom. The summed E-state index contributed by atoms with van der Waals surface area (Å²) in [5.74, 6) is 0. The van der Waals surface area contributed by atoms with Crippen molar-refractivity contribution in [1.82, 2.24) is 29.7 Å². The van der Waals surface area contributed by atoms with Gasteiger partial charge in [0.15, 0.2) is 0 Å². The van der Waals surface area contributed by atoms with Crippen molar-refractivity contribution in [1.29, 1.82) is 0 Å². The predicted molar refractivity (Wildman–Crippen MR) is 125 cm³/mol. The summed E-state index contributed by atoms with van der Waals surface area (Å²) >= 11 is 0. The first-order valence-electron chi connectivity index (χ1n) is 10.9. The van der Waals surface area contributed by atoms with Crippen LogP contribution in [-0.2, 0) is 26.2 Å². The molecule has 0 spiro atoms. The fourth-order valence-corrected chi connectivity index (χ4v) is 3.59. The maximum Gasteiger partial charge on any atom is 3.00 e. The minimum absolute atomic E-state index is 0. The molecule has 10 heteroatoms. The van der Waals surface area contributed by atoms with Crippen molar-refractivity contribution in [2.45, 2.75) is 26.2 Å². The monoisotopic (exact) mass is 668 g/mol. The number of pyridine rings is 4. The Morgan fingerprint density at radius 3 is 0.861 bits per heavy atom. The fourth-order valence-electron chi connectivity index (χ4n) is 3.59. The first kappa shape index (κ1) is 34.6. The smallest absolute Gasteiger partial charge is 1.00 e. The molecule has 4 aromatic rings. The van der Waals surface area contributed by atoms with Crippen LogP contribution in [0.3, 0.4) is 0 Å². The maximum atomic E-state index is 4.53. The van der Waals surface area contributed by atoms with E-state index in [0.29, 0.717) is 0 Å². The molecule has 4 heterocycles. The van der Waals surface area contributed by atoms with E-state index in [0.717, 1.165) is 62.0 Å². The SMILES string of the molecule is [Cl-].[Cl-].[Cl-].[La+3].c1ccc(CN(CCN(Cc2ccccn2)Cc2ccccn2)Cc2ccccn2)nc1. The third kappa shape index (κ3) is 12.2. The largest absolute Gasteiger partial charge is 3.00 e. The Balaban J connectivity index is 0.00000306. The van der Waals surface area contributed by atoms with Gasteiger partial charge in [0.05, 0.1) is 22.8 Å². The van der Waals surface area contributed by atoms with Crippen LogP contribution in [0.5, 0.6) is 0 Å². The predicted octanol–water partition coefficient (Wildman–Crippen LogP) is -5.02. The molecule has 0 aliphatic rings. The summed E-state index contributed by atoms with van der Waals surface area (Å²) in [6, 6.07) is 24.3. The molecular weight excluding hydrogens is 642 g/mol. The number of hydrogen-bond donors (Lipinski definition) is 0. The summed E-state index contributed by atoms with van der Waals surface area (Å²) in [5.41, 5.74) is 4.24. The van der Waals surface area contributed by atoms with E-state index < -0.39 is 0 Å². The van der Waals surface area contributed by atoms with Crippen LogP contribution in [-0.4, -0.2) is 42.8 Å². The van der Waals surface area contributed by atoms with Crippen LogP contribution in [0, 0.1) is 35.6 Å². The molecule has 0 bridgehead atoms. The number of hydrogen-bond acceptors (Lipinski definition) is 6. The van der Waals surface area contributed by atoms with Gasteiger partial charge in [0.25, 0.3) is 0 Å². The van der Waals surface area contributed by atoms with Gasteiger partial charge in [-0.3, -0.25) is 29.7 Å². The molecule has 0 aromatic carbocycles. The van der Waals surface area contributed by atoms with Gasteiger partial charge in [-0.15, -0.1) is 0 Å². The number of rotatable bonds is 11. The van der Waals surface area contributed by atoms with Crippen LogP contribution >= 0.6 is 0 Å². The molecule has 0 amide bonds. The zero-order valence-electron chi connectivity index (χ0n) is 19.9. The molecular formula is C26H28Cl3LaN6. The molecule has 0 fully saturated rings. The van der Waals surface area contributed by atoms with Crippen molar-refractivity contribution in [3.63, 3.8) is 0 Å². The van der Waals surface area contributed by atoms with Gasteiger partial charge in [0, 0.05) is 64.1 Å². The number of nitrogens with zero attached hydrogens (tertiary/aromatic N) is 6. The van der Waals surface area contributed by atoms with Gasteiger partial charge < -0.3 is 37.2 Å². The third-order valence-electron chi connectivity index (χ3n) is 5.18. The number of aromatic nitrogens is 4. The van der Waals surface area contributed by atoms with E-state index >= 15 is 0 Å². The van der Waals surface area contributed by atoms with Crippen LogP contribution in [0.1, 0.15) is 22.8 Å². The van der Waals surface area contributed by atoms with Gasteiger partial charge in [0.1, 0.15) is 0 Å². The molecule has 36 heavy (non-hydrogen) atoms. The summed E-state index contributed by atoms with van der Waals surface area (Å²) in [6.45, 7) is 4.87. The van der Waals surface area contributed by atoms with Crippen LogP contribution in [0.2, 0.25) is 0 Å². The van der Waals surface area contributed by atoms with Crippen molar-refractivity contribution in [2.75, 3.05) is 13.1 Å². The molecule has 0 saturated carbocycles. The maximum absolute atomic E-state index is 4.53. The average molecular weight is 670 g/mol. The Hall–Kier alpha value is -1.42. The summed E-state index contributed by atoms with van der Waals surface area (Å²) < 4.78 is 0. The Bertz CT molecular complexity index is 880. The summed E-state index contributed by atoms with van der Waals surface area (Å²) in [6.07, 6.45) is 7.40. The van der Waals surface area contributed by atoms with Crippen molar-refractivity contribution >= 4 is 0 Å². The minimum Gasteiger partial charge on any atom is -1.00 e. The molecule has 0 radical (unpaired) electrons. The van der Waals surface area contributed by atoms with E-state index in [1.807, 2.05) is 73.3 Å². The van der Waals surface area contributed by atoms with Crippen LogP contribution in [0.4, 0.5) is 0 Å². The van der Waals surface area contributed by atoms with E-state index in [-0.39, 0.29) is 72.8 Å². The van der Waals surface area contributed by atoms with Crippen molar-refractivity contribution < 1.29 is 72.8 Å². The fraction of sp³-hybridized carbons (Fsp3) is 0.231.